The normalized spacial score (nSPS) is 10.2. The first kappa shape index (κ1) is 14.8. The molecule has 0 saturated heterocycles. The SMILES string of the molecule is Cc1c(OCC(=O)Nc2ccc(F)cc2)c(=O)ccn1C. The van der Waals surface area contributed by atoms with E-state index in [9.17, 15) is 14.0 Å². The van der Waals surface area contributed by atoms with E-state index in [0.29, 0.717) is 11.4 Å². The molecule has 1 aromatic heterocycles. The Bertz CT molecular complexity index is 708. The second-order valence-electron chi connectivity index (χ2n) is 4.55. The van der Waals surface area contributed by atoms with E-state index in [0.717, 1.165) is 0 Å². The van der Waals surface area contributed by atoms with Crippen LogP contribution < -0.4 is 15.5 Å². The van der Waals surface area contributed by atoms with Crippen LogP contribution in [-0.2, 0) is 11.8 Å². The maximum Gasteiger partial charge on any atom is 0.262 e. The van der Waals surface area contributed by atoms with Crippen LogP contribution in [0.1, 0.15) is 5.69 Å². The van der Waals surface area contributed by atoms with Gasteiger partial charge in [-0.3, -0.25) is 9.59 Å². The smallest absolute Gasteiger partial charge is 0.262 e. The van der Waals surface area contributed by atoms with Crippen molar-refractivity contribution < 1.29 is 13.9 Å². The fraction of sp³-hybridized carbons (Fsp3) is 0.200. The van der Waals surface area contributed by atoms with Crippen LogP contribution in [0.25, 0.3) is 0 Å². The molecular weight excluding hydrogens is 275 g/mol. The Kier molecular flexibility index (Phi) is 4.37. The maximum absolute atomic E-state index is 12.7. The lowest BCUT2D eigenvalue weighted by Gasteiger charge is -2.11. The molecule has 0 aliphatic rings. The van der Waals surface area contributed by atoms with Crippen LogP contribution in [0.5, 0.6) is 5.75 Å². The standard InChI is InChI=1S/C15H15FN2O3/c1-10-15(13(19)7-8-18(10)2)21-9-14(20)17-12-5-3-11(16)4-6-12/h3-8H,9H2,1-2H3,(H,17,20). The van der Waals surface area contributed by atoms with Crippen molar-refractivity contribution in [1.82, 2.24) is 4.57 Å². The van der Waals surface area contributed by atoms with Crippen molar-refractivity contribution in [2.45, 2.75) is 6.92 Å². The molecule has 0 fully saturated rings. The Morgan fingerprint density at radius 3 is 2.62 bits per heavy atom. The van der Waals surface area contributed by atoms with Crippen molar-refractivity contribution in [2.75, 3.05) is 11.9 Å². The Morgan fingerprint density at radius 1 is 1.29 bits per heavy atom. The molecule has 1 amide bonds. The molecule has 0 atom stereocenters. The number of amides is 1. The number of carbonyl (C=O) groups is 1. The molecule has 0 radical (unpaired) electrons. The van der Waals surface area contributed by atoms with Crippen molar-refractivity contribution in [3.63, 3.8) is 0 Å². The number of rotatable bonds is 4. The summed E-state index contributed by atoms with van der Waals surface area (Å²) >= 11 is 0. The van der Waals surface area contributed by atoms with Crippen molar-refractivity contribution in [3.05, 3.63) is 58.3 Å². The molecule has 6 heteroatoms. The number of halogens is 1. The second kappa shape index (κ2) is 6.21. The lowest BCUT2D eigenvalue weighted by atomic mass is 10.3. The van der Waals surface area contributed by atoms with Gasteiger partial charge in [0.05, 0.1) is 5.69 Å². The summed E-state index contributed by atoms with van der Waals surface area (Å²) in [5.41, 5.74) is 0.819. The average molecular weight is 290 g/mol. The zero-order valence-corrected chi connectivity index (χ0v) is 11.7. The van der Waals surface area contributed by atoms with Crippen LogP contribution in [0.3, 0.4) is 0 Å². The molecule has 0 saturated carbocycles. The van der Waals surface area contributed by atoms with Gasteiger partial charge in [-0.1, -0.05) is 0 Å². The van der Waals surface area contributed by atoms with E-state index in [1.807, 2.05) is 0 Å². The van der Waals surface area contributed by atoms with Crippen molar-refractivity contribution in [1.29, 1.82) is 0 Å². The fourth-order valence-electron chi connectivity index (χ4n) is 1.75. The minimum Gasteiger partial charge on any atom is -0.478 e. The van der Waals surface area contributed by atoms with Gasteiger partial charge in [0, 0.05) is 25.0 Å². The molecule has 21 heavy (non-hydrogen) atoms. The van der Waals surface area contributed by atoms with Crippen LogP contribution >= 0.6 is 0 Å². The largest absolute Gasteiger partial charge is 0.478 e. The van der Waals surface area contributed by atoms with Crippen LogP contribution in [0.15, 0.2) is 41.3 Å². The quantitative estimate of drug-likeness (QED) is 0.935. The highest BCUT2D eigenvalue weighted by Gasteiger charge is 2.10. The minimum atomic E-state index is -0.424. The Balaban J connectivity index is 2.00. The van der Waals surface area contributed by atoms with E-state index in [1.54, 1.807) is 24.7 Å². The number of ether oxygens (including phenoxy) is 1. The molecular formula is C15H15FN2O3. The van der Waals surface area contributed by atoms with Gasteiger partial charge < -0.3 is 14.6 Å². The summed E-state index contributed by atoms with van der Waals surface area (Å²) in [5, 5.41) is 2.55. The minimum absolute atomic E-state index is 0.147. The number of hydrogen-bond acceptors (Lipinski definition) is 3. The monoisotopic (exact) mass is 290 g/mol. The average Bonchev–Trinajstić information content (AvgIpc) is 2.45. The first-order chi connectivity index (χ1) is 9.97. The maximum atomic E-state index is 12.7. The molecule has 0 aliphatic heterocycles. The van der Waals surface area contributed by atoms with Crippen LogP contribution in [0, 0.1) is 12.7 Å². The van der Waals surface area contributed by atoms with Crippen LogP contribution in [0.4, 0.5) is 10.1 Å². The molecule has 0 aliphatic carbocycles. The number of carbonyl (C=O) groups excluding carboxylic acids is 1. The van der Waals surface area contributed by atoms with E-state index >= 15 is 0 Å². The summed E-state index contributed by atoms with van der Waals surface area (Å²) in [6.45, 7) is 1.44. The number of anilines is 1. The van der Waals surface area contributed by atoms with Gasteiger partial charge in [-0.25, -0.2) is 4.39 Å². The highest BCUT2D eigenvalue weighted by Crippen LogP contribution is 2.11. The first-order valence-electron chi connectivity index (χ1n) is 6.32. The van der Waals surface area contributed by atoms with Gasteiger partial charge >= 0.3 is 0 Å². The molecule has 2 aromatic rings. The van der Waals surface area contributed by atoms with Gasteiger partial charge in [0.2, 0.25) is 5.43 Å². The number of nitrogens with one attached hydrogen (secondary N) is 1. The third-order valence-corrected chi connectivity index (χ3v) is 3.01. The number of aryl methyl sites for hydroxylation is 1. The van der Waals surface area contributed by atoms with Crippen LogP contribution in [0.2, 0.25) is 0 Å². The van der Waals surface area contributed by atoms with Crippen molar-refractivity contribution in [2.24, 2.45) is 7.05 Å². The Hall–Kier alpha value is -2.63. The third-order valence-electron chi connectivity index (χ3n) is 3.01. The van der Waals surface area contributed by atoms with E-state index in [4.69, 9.17) is 4.74 Å². The summed E-state index contributed by atoms with van der Waals surface area (Å²) < 4.78 is 19.8. The number of hydrogen-bond donors (Lipinski definition) is 1. The molecule has 1 aromatic carbocycles. The van der Waals surface area contributed by atoms with E-state index < -0.39 is 5.91 Å². The van der Waals surface area contributed by atoms with E-state index in [2.05, 4.69) is 5.32 Å². The molecule has 110 valence electrons. The number of pyridine rings is 1. The molecule has 0 spiro atoms. The fourth-order valence-corrected chi connectivity index (χ4v) is 1.75. The summed E-state index contributed by atoms with van der Waals surface area (Å²) in [6.07, 6.45) is 1.63. The third kappa shape index (κ3) is 3.68. The van der Waals surface area contributed by atoms with Gasteiger partial charge in [-0.2, -0.15) is 0 Å². The van der Waals surface area contributed by atoms with Gasteiger partial charge in [0.1, 0.15) is 5.82 Å². The van der Waals surface area contributed by atoms with Crippen molar-refractivity contribution >= 4 is 11.6 Å². The topological polar surface area (TPSA) is 60.3 Å². The van der Waals surface area contributed by atoms with Crippen molar-refractivity contribution in [3.8, 4) is 5.75 Å². The number of benzene rings is 1. The summed E-state index contributed by atoms with van der Waals surface area (Å²) in [6, 6.07) is 6.75. The predicted octanol–water partition coefficient (Wildman–Crippen LogP) is 1.85. The Labute approximate surface area is 121 Å². The summed E-state index contributed by atoms with van der Waals surface area (Å²) in [5.74, 6) is -0.658. The van der Waals surface area contributed by atoms with E-state index in [1.165, 1.54) is 30.3 Å². The highest BCUT2D eigenvalue weighted by molar-refractivity contribution is 5.91. The van der Waals surface area contributed by atoms with E-state index in [-0.39, 0.29) is 23.6 Å². The molecule has 1 heterocycles. The predicted molar refractivity (Wildman–Crippen MR) is 76.9 cm³/mol. The Morgan fingerprint density at radius 2 is 1.95 bits per heavy atom. The van der Waals surface area contributed by atoms with Gasteiger partial charge in [-0.05, 0) is 31.2 Å². The molecule has 1 N–H and O–H groups in total. The summed E-state index contributed by atoms with van der Waals surface area (Å²) in [7, 11) is 1.78. The summed E-state index contributed by atoms with van der Waals surface area (Å²) in [4.78, 5) is 23.4. The molecule has 0 bridgehead atoms. The zero-order chi connectivity index (χ0) is 15.4. The number of nitrogens with zero attached hydrogens (tertiary/aromatic N) is 1. The molecule has 0 unspecified atom stereocenters. The lowest BCUT2D eigenvalue weighted by molar-refractivity contribution is -0.118. The van der Waals surface area contributed by atoms with Gasteiger partial charge in [0.15, 0.2) is 12.4 Å². The molecule has 5 nitrogen and oxygen atoms in total. The second-order valence-corrected chi connectivity index (χ2v) is 4.55. The zero-order valence-electron chi connectivity index (χ0n) is 11.7. The number of aromatic nitrogens is 1. The first-order valence-corrected chi connectivity index (χ1v) is 6.32. The highest BCUT2D eigenvalue weighted by atomic mass is 19.1. The van der Waals surface area contributed by atoms with Gasteiger partial charge in [-0.15, -0.1) is 0 Å². The van der Waals surface area contributed by atoms with Crippen LogP contribution in [-0.4, -0.2) is 17.1 Å². The molecule has 2 rings (SSSR count). The van der Waals surface area contributed by atoms with Gasteiger partial charge in [0.25, 0.3) is 5.91 Å². The lowest BCUT2D eigenvalue weighted by Crippen LogP contribution is -2.23.